The van der Waals surface area contributed by atoms with Crippen LogP contribution < -0.4 is 16.6 Å². The maximum absolute atomic E-state index is 16.2. The van der Waals surface area contributed by atoms with Gasteiger partial charge in [-0.3, -0.25) is 18.5 Å². The lowest BCUT2D eigenvalue weighted by Crippen LogP contribution is -2.35. The monoisotopic (exact) mass is 776 g/mol. The molecule has 0 aliphatic carbocycles. The number of aromatic nitrogens is 7. The molecule has 50 heavy (non-hydrogen) atoms. The number of nitrogens with two attached hydrogens (primary N) is 1. The fourth-order valence-corrected chi connectivity index (χ4v) is 8.64. The van der Waals surface area contributed by atoms with Crippen molar-refractivity contribution < 1.29 is 47.1 Å². The minimum atomic E-state index is -4.30. The molecule has 19 nitrogen and oxygen atoms in total. The van der Waals surface area contributed by atoms with E-state index in [2.05, 4.69) is 37.5 Å². The van der Waals surface area contributed by atoms with E-state index in [9.17, 15) is 24.5 Å². The fraction of sp³-hybridized carbons (Fsp3) is 0.577. The Morgan fingerprint density at radius 3 is 2.72 bits per heavy atom. The molecule has 4 aromatic rings. The largest absolute Gasteiger partial charge is 0.582 e. The number of aliphatic hydroxyl groups is 2. The molecule has 7 rings (SSSR count). The van der Waals surface area contributed by atoms with Crippen molar-refractivity contribution in [1.82, 2.24) is 33.6 Å². The number of nitrogens with one attached hydrogen (secondary N) is 1. The lowest BCUT2D eigenvalue weighted by atomic mass is 10.1. The zero-order valence-corrected chi connectivity index (χ0v) is 29.4. The molecule has 6 N–H and O–H groups in total. The lowest BCUT2D eigenvalue weighted by Gasteiger charge is -2.25. The van der Waals surface area contributed by atoms with Crippen LogP contribution in [0.3, 0.4) is 0 Å². The first-order valence-electron chi connectivity index (χ1n) is 15.4. The fourth-order valence-electron chi connectivity index (χ4n) is 6.44. The topological polar surface area (TPSA) is 245 Å². The minimum Gasteiger partial charge on any atom is -0.394 e. The van der Waals surface area contributed by atoms with Gasteiger partial charge in [0.2, 0.25) is 0 Å². The third-order valence-corrected chi connectivity index (χ3v) is 11.0. The first-order valence-corrected chi connectivity index (χ1v) is 20.4. The van der Waals surface area contributed by atoms with E-state index in [0.717, 1.165) is 23.9 Å². The van der Waals surface area contributed by atoms with Gasteiger partial charge >= 0.3 is 13.9 Å². The lowest BCUT2D eigenvalue weighted by molar-refractivity contribution is -0.0531. The van der Waals surface area contributed by atoms with Gasteiger partial charge in [0.1, 0.15) is 60.8 Å². The van der Waals surface area contributed by atoms with Gasteiger partial charge in [-0.1, -0.05) is 0 Å². The number of aryl methyl sites for hydroxylation is 1. The number of aliphatic hydroxyl groups excluding tert-OH is 2. The molecule has 4 aromatic heterocycles. The van der Waals surface area contributed by atoms with Gasteiger partial charge in [0, 0.05) is 25.8 Å². The molecule has 2 saturated heterocycles. The number of nitrogens with zero attached hydrogens (tertiary/aromatic N) is 7. The van der Waals surface area contributed by atoms with Crippen LogP contribution in [0.15, 0.2) is 30.0 Å². The zero-order chi connectivity index (χ0) is 35.3. The molecule has 7 heterocycles. The van der Waals surface area contributed by atoms with Crippen LogP contribution in [0.2, 0.25) is 0 Å². The summed E-state index contributed by atoms with van der Waals surface area (Å²) in [6, 6.07) is 0. The first kappa shape index (κ1) is 35.8. The molecule has 3 aliphatic rings. The van der Waals surface area contributed by atoms with Gasteiger partial charge in [-0.25, -0.2) is 24.3 Å². The Labute approximate surface area is 293 Å². The molecule has 0 amide bonds. The number of thiol groups is 1. The predicted molar refractivity (Wildman–Crippen MR) is 180 cm³/mol. The molecule has 10 atom stereocenters. The van der Waals surface area contributed by atoms with E-state index >= 15 is 4.39 Å². The van der Waals surface area contributed by atoms with Crippen LogP contribution in [0.4, 0.5) is 10.2 Å². The summed E-state index contributed by atoms with van der Waals surface area (Å²) in [6.45, 7) is -4.43. The molecule has 2 unspecified atom stereocenters. The van der Waals surface area contributed by atoms with Gasteiger partial charge in [-0.2, -0.15) is 0 Å². The van der Waals surface area contributed by atoms with Gasteiger partial charge in [0.25, 0.3) is 5.56 Å². The molecule has 3 aliphatic heterocycles. The highest BCUT2D eigenvalue weighted by molar-refractivity contribution is 8.39. The number of rotatable bonds is 12. The molecule has 24 heteroatoms. The number of hydrogen-bond acceptors (Lipinski definition) is 16. The van der Waals surface area contributed by atoms with E-state index in [4.69, 9.17) is 40.6 Å². The van der Waals surface area contributed by atoms with Crippen LogP contribution in [0.25, 0.3) is 22.2 Å². The third kappa shape index (κ3) is 6.62. The summed E-state index contributed by atoms with van der Waals surface area (Å²) >= 11 is 9.01. The molecule has 270 valence electrons. The number of hydrogen-bond donors (Lipinski definition) is 6. The van der Waals surface area contributed by atoms with Crippen LogP contribution in [0.5, 0.6) is 0 Å². The number of imidazole rings is 1. The van der Waals surface area contributed by atoms with Gasteiger partial charge < -0.3 is 44.7 Å². The second-order valence-corrected chi connectivity index (χ2v) is 16.2. The van der Waals surface area contributed by atoms with Gasteiger partial charge in [0.05, 0.1) is 24.9 Å². The standard InChI is InChI=1S/C26H32FN9O10P2S2/c27-16-19(13(7-37)43-25(16)35-6-12-2-1-4-29-21-15(12)22(35)31-9-30-21)46-48(41,50)42-8-14-18(38)20(45-47(40)49)26(44-14)36-11-32-17-23(36)33-10-34(5-3-28)24(17)39/h6,9-11,13-14,16,18-20,25-26,37-38H,1-5,7-8,28H2,(H2-,29,30,31,40,41,49,50)/p+1/t13-,14-,16-,18-,19-,20-,25-,26-,48?/m1/s1. The Kier molecular flexibility index (Phi) is 10.4. The SMILES string of the molecule is NCCn1cnc2c(ncn2[C@@H]2O[C@H](COP(O)(=S)O[C@H]3[C@@H](F)[C@H](n4cc5c6c(ncnc64)NCCC5)O[C@@H]3CO)[C@@H](O)[C@H]2O[P+](=O)S)c1=O. The molecule has 2 fully saturated rings. The summed E-state index contributed by atoms with van der Waals surface area (Å²) in [4.78, 5) is 40.9. The number of alkyl halides is 1. The Morgan fingerprint density at radius 2 is 1.96 bits per heavy atom. The molecule has 0 spiro atoms. The van der Waals surface area contributed by atoms with Crippen molar-refractivity contribution >= 4 is 66.0 Å². The highest BCUT2D eigenvalue weighted by atomic mass is 32.7. The summed E-state index contributed by atoms with van der Waals surface area (Å²) in [7, 11) is -2.56. The first-order chi connectivity index (χ1) is 24.0. The van der Waals surface area contributed by atoms with Crippen molar-refractivity contribution in [3.63, 3.8) is 0 Å². The highest BCUT2D eigenvalue weighted by Crippen LogP contribution is 2.51. The predicted octanol–water partition coefficient (Wildman–Crippen LogP) is 0.432. The Morgan fingerprint density at radius 1 is 1.16 bits per heavy atom. The number of fused-ring (bicyclic) bond motifs is 1. The average molecular weight is 777 g/mol. The molecular formula is C26H33FN9O10P2S2+. The zero-order valence-electron chi connectivity index (χ0n) is 25.9. The summed E-state index contributed by atoms with van der Waals surface area (Å²) in [5.41, 5.74) is 6.49. The Bertz CT molecular complexity index is 2020. The Hall–Kier alpha value is -2.56. The van der Waals surface area contributed by atoms with Crippen LogP contribution in [0, 0.1) is 0 Å². The molecule has 0 saturated carbocycles. The van der Waals surface area contributed by atoms with E-state index in [1.54, 1.807) is 6.20 Å². The van der Waals surface area contributed by atoms with Gasteiger partial charge in [-0.05, 0) is 34.8 Å². The summed E-state index contributed by atoms with van der Waals surface area (Å²) in [5.74, 6) is 0.621. The second kappa shape index (κ2) is 14.5. The van der Waals surface area contributed by atoms with Gasteiger partial charge in [0.15, 0.2) is 35.9 Å². The van der Waals surface area contributed by atoms with Crippen molar-refractivity contribution in [2.45, 2.75) is 68.5 Å². The second-order valence-electron chi connectivity index (χ2n) is 11.8. The minimum absolute atomic E-state index is 0.0137. The third-order valence-electron chi connectivity index (χ3n) is 8.70. The normalized spacial score (nSPS) is 29.7. The van der Waals surface area contributed by atoms with Crippen LogP contribution in [0.1, 0.15) is 24.4 Å². The van der Waals surface area contributed by atoms with E-state index < -0.39 is 81.9 Å². The number of anilines is 1. The maximum atomic E-state index is 16.2. The van der Waals surface area contributed by atoms with E-state index in [1.807, 2.05) is 0 Å². The highest BCUT2D eigenvalue weighted by Gasteiger charge is 2.52. The van der Waals surface area contributed by atoms with E-state index in [-0.39, 0.29) is 24.3 Å². The van der Waals surface area contributed by atoms with Crippen molar-refractivity contribution in [1.29, 1.82) is 0 Å². The van der Waals surface area contributed by atoms with E-state index in [0.29, 0.717) is 17.9 Å². The Balaban J connectivity index is 1.07. The van der Waals surface area contributed by atoms with Crippen LogP contribution in [-0.4, -0.2) is 112 Å². The average Bonchev–Trinajstić information content (AvgIpc) is 3.79. The van der Waals surface area contributed by atoms with Crippen LogP contribution >= 0.6 is 26.2 Å². The molecule has 0 bridgehead atoms. The number of ether oxygens (including phenoxy) is 2. The van der Waals surface area contributed by atoms with Gasteiger partial charge in [-0.15, -0.1) is 4.52 Å². The van der Waals surface area contributed by atoms with E-state index in [1.165, 1.54) is 32.7 Å². The summed E-state index contributed by atoms with van der Waals surface area (Å²) < 4.78 is 60.6. The molecular weight excluding hydrogens is 743 g/mol. The van der Waals surface area contributed by atoms with Crippen molar-refractivity contribution in [3.05, 3.63) is 41.1 Å². The quantitative estimate of drug-likeness (QED) is 0.0844. The van der Waals surface area contributed by atoms with Crippen molar-refractivity contribution in [3.8, 4) is 0 Å². The molecule has 0 aromatic carbocycles. The van der Waals surface area contributed by atoms with Crippen LogP contribution in [-0.2, 0) is 52.4 Å². The maximum Gasteiger partial charge on any atom is 0.582 e. The summed E-state index contributed by atoms with van der Waals surface area (Å²) in [6.07, 6.45) is -4.22. The smallest absolute Gasteiger partial charge is 0.394 e. The van der Waals surface area contributed by atoms with Crippen molar-refractivity contribution in [2.75, 3.05) is 31.6 Å². The number of halogens is 1. The summed E-state index contributed by atoms with van der Waals surface area (Å²) in [5, 5.41) is 25.2. The molecule has 0 radical (unpaired) electrons. The van der Waals surface area contributed by atoms with Crippen molar-refractivity contribution in [2.24, 2.45) is 5.73 Å².